The van der Waals surface area contributed by atoms with E-state index in [9.17, 15) is 45.6 Å². The Morgan fingerprint density at radius 2 is 1.66 bits per heavy atom. The van der Waals surface area contributed by atoms with Gasteiger partial charge in [-0.25, -0.2) is 4.79 Å². The third kappa shape index (κ3) is 7.31. The number of hydrogen-bond acceptors (Lipinski definition) is 16. The second kappa shape index (κ2) is 13.7. The van der Waals surface area contributed by atoms with E-state index in [1.807, 2.05) is 0 Å². The number of ether oxygens (including phenoxy) is 7. The van der Waals surface area contributed by atoms with Crippen molar-refractivity contribution in [2.45, 2.75) is 73.8 Å². The molecule has 0 radical (unpaired) electrons. The molecule has 3 fully saturated rings. The lowest BCUT2D eigenvalue weighted by molar-refractivity contribution is -0.343. The third-order valence-corrected chi connectivity index (χ3v) is 6.80. The second-order valence-electron chi connectivity index (χ2n) is 9.66. The van der Waals surface area contributed by atoms with Crippen LogP contribution in [0.25, 0.3) is 6.08 Å². The number of rotatable bonds is 9. The van der Waals surface area contributed by atoms with Crippen molar-refractivity contribution in [3.8, 4) is 11.5 Å². The molecule has 3 aliphatic rings. The summed E-state index contributed by atoms with van der Waals surface area (Å²) in [6.45, 7) is -1.22. The lowest BCUT2D eigenvalue weighted by atomic mass is 10.0. The molecule has 0 aliphatic carbocycles. The number of hydrogen-bond donors (Lipinski definition) is 8. The molecule has 0 aromatic heterocycles. The lowest BCUT2D eigenvalue weighted by Gasteiger charge is -2.42. The molecule has 0 amide bonds. The minimum absolute atomic E-state index is 0.0749. The van der Waals surface area contributed by atoms with Crippen LogP contribution < -0.4 is 4.74 Å². The zero-order valence-corrected chi connectivity index (χ0v) is 21.8. The van der Waals surface area contributed by atoms with Crippen molar-refractivity contribution in [1.82, 2.24) is 0 Å². The fraction of sp³-hybridized carbons (Fsp3) is 0.640. The molecule has 1 aromatic carbocycles. The van der Waals surface area contributed by atoms with Gasteiger partial charge in [-0.1, -0.05) is 6.07 Å². The number of carbonyl (C=O) groups excluding carboxylic acids is 1. The summed E-state index contributed by atoms with van der Waals surface area (Å²) in [5.41, 5.74) is 0.531. The van der Waals surface area contributed by atoms with E-state index in [0.29, 0.717) is 5.56 Å². The van der Waals surface area contributed by atoms with Gasteiger partial charge in [0.2, 0.25) is 0 Å². The number of aliphatic hydroxyl groups excluding tert-OH is 7. The quantitative estimate of drug-likeness (QED) is 0.102. The van der Waals surface area contributed by atoms with Crippen LogP contribution in [-0.4, -0.2) is 148 Å². The molecule has 230 valence electrons. The fourth-order valence-electron chi connectivity index (χ4n) is 4.42. The Bertz CT molecular complexity index is 1050. The van der Waals surface area contributed by atoms with Gasteiger partial charge in [-0.15, -0.1) is 0 Å². The topological polar surface area (TPSA) is 244 Å². The van der Waals surface area contributed by atoms with Crippen molar-refractivity contribution in [2.24, 2.45) is 0 Å². The molecule has 8 N–H and O–H groups in total. The first kappa shape index (κ1) is 31.5. The molecule has 0 saturated carbocycles. The predicted molar refractivity (Wildman–Crippen MR) is 131 cm³/mol. The molecule has 1 unspecified atom stereocenters. The van der Waals surface area contributed by atoms with Gasteiger partial charge in [0.15, 0.2) is 30.4 Å². The van der Waals surface area contributed by atoms with E-state index in [2.05, 4.69) is 0 Å². The highest BCUT2D eigenvalue weighted by molar-refractivity contribution is 5.87. The average molecular weight is 591 g/mol. The number of methoxy groups -OCH3 is 1. The van der Waals surface area contributed by atoms with Crippen molar-refractivity contribution >= 4 is 12.0 Å². The summed E-state index contributed by atoms with van der Waals surface area (Å²) in [4.78, 5) is 12.2. The highest BCUT2D eigenvalue weighted by atomic mass is 16.8. The first-order valence-electron chi connectivity index (χ1n) is 12.7. The predicted octanol–water partition coefficient (Wildman–Crippen LogP) is -3.68. The van der Waals surface area contributed by atoms with Crippen LogP contribution >= 0.6 is 0 Å². The van der Waals surface area contributed by atoms with Gasteiger partial charge < -0.3 is 74.0 Å². The molecule has 3 aliphatic heterocycles. The molecule has 1 aromatic rings. The van der Waals surface area contributed by atoms with Crippen molar-refractivity contribution in [1.29, 1.82) is 0 Å². The minimum atomic E-state index is -1.74. The van der Waals surface area contributed by atoms with Gasteiger partial charge in [0.25, 0.3) is 0 Å². The van der Waals surface area contributed by atoms with Gasteiger partial charge in [-0.05, 0) is 23.8 Å². The maximum Gasteiger partial charge on any atom is 0.330 e. The summed E-state index contributed by atoms with van der Waals surface area (Å²) < 4.78 is 37.1. The van der Waals surface area contributed by atoms with Crippen LogP contribution in [0.2, 0.25) is 0 Å². The van der Waals surface area contributed by atoms with E-state index < -0.39 is 86.4 Å². The number of phenols is 1. The van der Waals surface area contributed by atoms with Crippen LogP contribution in [0.15, 0.2) is 24.3 Å². The molecular formula is C25H34O16. The van der Waals surface area contributed by atoms with Crippen LogP contribution in [0.4, 0.5) is 0 Å². The van der Waals surface area contributed by atoms with E-state index in [0.717, 1.165) is 6.08 Å². The van der Waals surface area contributed by atoms with Crippen LogP contribution in [-0.2, 0) is 33.2 Å². The SMILES string of the molecule is COc1cc(/C=C/C(=O)OC[C@@H]2O[C@@H](O[C@H]3[C@H](O[C@@H]4OC[C@@H](O)[C@H](O)[C@H]4O)COC(O)[C@@H]3O)[C@H](O)[C@H]2O)ccc1O. The summed E-state index contributed by atoms with van der Waals surface area (Å²) in [5.74, 6) is -0.674. The third-order valence-electron chi connectivity index (χ3n) is 6.80. The number of aromatic hydroxyl groups is 1. The van der Waals surface area contributed by atoms with Gasteiger partial charge in [-0.3, -0.25) is 0 Å². The van der Waals surface area contributed by atoms with Crippen molar-refractivity contribution in [3.05, 3.63) is 29.8 Å². The van der Waals surface area contributed by atoms with E-state index in [1.54, 1.807) is 0 Å². The van der Waals surface area contributed by atoms with Gasteiger partial charge >= 0.3 is 5.97 Å². The molecule has 16 nitrogen and oxygen atoms in total. The number of esters is 1. The summed E-state index contributed by atoms with van der Waals surface area (Å²) in [6, 6.07) is 4.41. The van der Waals surface area contributed by atoms with Crippen LogP contribution in [0.1, 0.15) is 5.56 Å². The first-order chi connectivity index (χ1) is 19.5. The fourth-order valence-corrected chi connectivity index (χ4v) is 4.42. The van der Waals surface area contributed by atoms with Crippen molar-refractivity contribution in [3.63, 3.8) is 0 Å². The molecule has 3 saturated heterocycles. The Labute approximate surface area is 233 Å². The Hall–Kier alpha value is -2.45. The molecule has 16 heteroatoms. The Kier molecular flexibility index (Phi) is 10.5. The number of benzene rings is 1. The average Bonchev–Trinajstić information content (AvgIpc) is 3.23. The molecule has 4 rings (SSSR count). The van der Waals surface area contributed by atoms with Crippen LogP contribution in [0.3, 0.4) is 0 Å². The highest BCUT2D eigenvalue weighted by Gasteiger charge is 2.50. The normalized spacial score (nSPS) is 39.6. The van der Waals surface area contributed by atoms with Crippen molar-refractivity contribution < 1.29 is 78.8 Å². The number of phenolic OH excluding ortho intramolecular Hbond substituents is 1. The van der Waals surface area contributed by atoms with Gasteiger partial charge in [0.1, 0.15) is 61.5 Å². The molecule has 41 heavy (non-hydrogen) atoms. The summed E-state index contributed by atoms with van der Waals surface area (Å²) >= 11 is 0. The second-order valence-corrected chi connectivity index (χ2v) is 9.66. The Balaban J connectivity index is 1.34. The van der Waals surface area contributed by atoms with Gasteiger partial charge in [0.05, 0.1) is 20.3 Å². The minimum Gasteiger partial charge on any atom is -0.504 e. The van der Waals surface area contributed by atoms with Gasteiger partial charge in [-0.2, -0.15) is 0 Å². The van der Waals surface area contributed by atoms with E-state index in [1.165, 1.54) is 31.4 Å². The zero-order chi connectivity index (χ0) is 29.8. The van der Waals surface area contributed by atoms with E-state index in [4.69, 9.17) is 33.2 Å². The highest BCUT2D eigenvalue weighted by Crippen LogP contribution is 2.30. The summed E-state index contributed by atoms with van der Waals surface area (Å²) in [7, 11) is 1.38. The lowest BCUT2D eigenvalue weighted by Crippen LogP contribution is -2.60. The largest absolute Gasteiger partial charge is 0.504 e. The Morgan fingerprint density at radius 3 is 2.39 bits per heavy atom. The maximum absolute atomic E-state index is 12.2. The zero-order valence-electron chi connectivity index (χ0n) is 21.8. The molecule has 0 spiro atoms. The molecule has 3 heterocycles. The smallest absolute Gasteiger partial charge is 0.330 e. The Morgan fingerprint density at radius 1 is 0.927 bits per heavy atom. The van der Waals surface area contributed by atoms with Crippen LogP contribution in [0.5, 0.6) is 11.5 Å². The summed E-state index contributed by atoms with van der Waals surface area (Å²) in [5, 5.41) is 80.7. The number of aliphatic hydroxyl groups is 7. The first-order valence-corrected chi connectivity index (χ1v) is 12.7. The molecular weight excluding hydrogens is 556 g/mol. The van der Waals surface area contributed by atoms with E-state index in [-0.39, 0.29) is 24.7 Å². The van der Waals surface area contributed by atoms with Crippen molar-refractivity contribution in [2.75, 3.05) is 26.9 Å². The standard InChI is InChI=1S/C25H34O16/c1-35-13-6-10(2-4-11(13)26)3-5-16(28)36-8-14-18(30)20(32)25(39-14)41-22-15(9-37-23(34)21(22)33)40-24-19(31)17(29)12(27)7-38-24/h2-6,12,14-15,17-27,29-34H,7-9H2,1H3/b5-3+/t12-,14+,15-,17+,18+,19-,20-,21-,22+,23?,24+,25+/m1/s1. The van der Waals surface area contributed by atoms with Gasteiger partial charge in [0, 0.05) is 6.08 Å². The van der Waals surface area contributed by atoms with E-state index >= 15 is 0 Å². The summed E-state index contributed by atoms with van der Waals surface area (Å²) in [6.07, 6.45) is -15.7. The maximum atomic E-state index is 12.2. The molecule has 12 atom stereocenters. The monoisotopic (exact) mass is 590 g/mol. The van der Waals surface area contributed by atoms with Crippen LogP contribution in [0, 0.1) is 0 Å². The molecule has 0 bridgehead atoms. The number of carbonyl (C=O) groups is 1.